The monoisotopic (exact) mass is 460 g/mol. The number of nitrogens with zero attached hydrogens (tertiary/aromatic N) is 2. The van der Waals surface area contributed by atoms with E-state index >= 15 is 0 Å². The van der Waals surface area contributed by atoms with E-state index < -0.39 is 10.0 Å². The van der Waals surface area contributed by atoms with Gasteiger partial charge in [0.05, 0.1) is 18.1 Å². The van der Waals surface area contributed by atoms with E-state index in [1.165, 1.54) is 4.31 Å². The van der Waals surface area contributed by atoms with Gasteiger partial charge in [-0.2, -0.15) is 4.31 Å². The van der Waals surface area contributed by atoms with E-state index in [1.54, 1.807) is 17.0 Å². The van der Waals surface area contributed by atoms with Crippen LogP contribution in [0.15, 0.2) is 47.4 Å². The van der Waals surface area contributed by atoms with Crippen LogP contribution < -0.4 is 9.47 Å². The van der Waals surface area contributed by atoms with Crippen molar-refractivity contribution in [2.75, 3.05) is 39.4 Å². The van der Waals surface area contributed by atoms with Gasteiger partial charge in [-0.15, -0.1) is 0 Å². The fraction of sp³-hybridized carbons (Fsp3) is 0.458. The first-order valence-corrected chi connectivity index (χ1v) is 12.5. The van der Waals surface area contributed by atoms with Crippen LogP contribution in [0.5, 0.6) is 11.5 Å². The molecule has 1 amide bonds. The number of piperazine rings is 1. The van der Waals surface area contributed by atoms with Crippen LogP contribution >= 0.6 is 0 Å². The number of aryl methyl sites for hydroxylation is 2. The highest BCUT2D eigenvalue weighted by Gasteiger charge is 2.30. The van der Waals surface area contributed by atoms with Crippen LogP contribution in [-0.2, 0) is 14.8 Å². The van der Waals surface area contributed by atoms with Gasteiger partial charge < -0.3 is 14.4 Å². The van der Waals surface area contributed by atoms with Crippen molar-refractivity contribution in [2.45, 2.75) is 38.5 Å². The van der Waals surface area contributed by atoms with E-state index in [9.17, 15) is 13.2 Å². The van der Waals surface area contributed by atoms with Crippen LogP contribution in [0.3, 0.4) is 0 Å². The summed E-state index contributed by atoms with van der Waals surface area (Å²) in [5.41, 5.74) is 2.01. The van der Waals surface area contributed by atoms with Gasteiger partial charge in [-0.25, -0.2) is 8.42 Å². The molecule has 0 radical (unpaired) electrons. The molecule has 0 bridgehead atoms. The van der Waals surface area contributed by atoms with Gasteiger partial charge in [0, 0.05) is 32.6 Å². The molecule has 0 spiro atoms. The summed E-state index contributed by atoms with van der Waals surface area (Å²) in [6, 6.07) is 12.7. The highest BCUT2D eigenvalue weighted by molar-refractivity contribution is 7.89. The van der Waals surface area contributed by atoms with E-state index in [2.05, 4.69) is 0 Å². The van der Waals surface area contributed by atoms with E-state index in [-0.39, 0.29) is 5.91 Å². The van der Waals surface area contributed by atoms with Crippen LogP contribution in [0.2, 0.25) is 0 Å². The first-order valence-electron chi connectivity index (χ1n) is 11.0. The number of carbonyl (C=O) groups excluding carboxylic acids is 1. The second kappa shape index (κ2) is 10.8. The topological polar surface area (TPSA) is 76.2 Å². The molecule has 1 fully saturated rings. The first kappa shape index (κ1) is 24.1. The second-order valence-electron chi connectivity index (χ2n) is 7.86. The molecule has 1 heterocycles. The smallest absolute Gasteiger partial charge is 0.243 e. The van der Waals surface area contributed by atoms with Gasteiger partial charge in [-0.1, -0.05) is 18.2 Å². The minimum Gasteiger partial charge on any atom is -0.490 e. The standard InChI is InChI=1S/C24H32N2O5S/c1-4-30-22-8-5-6-9-23(22)31-17-7-10-24(27)25-13-15-26(16-14-25)32(28,29)21-12-11-19(2)20(3)18-21/h5-6,8-9,11-12,18H,4,7,10,13-17H2,1-3H3. The van der Waals surface area contributed by atoms with Crippen LogP contribution in [-0.4, -0.2) is 62.9 Å². The van der Waals surface area contributed by atoms with Crippen molar-refractivity contribution in [1.29, 1.82) is 0 Å². The zero-order chi connectivity index (χ0) is 23.1. The van der Waals surface area contributed by atoms with Crippen molar-refractivity contribution in [3.05, 3.63) is 53.6 Å². The lowest BCUT2D eigenvalue weighted by Crippen LogP contribution is -2.50. The fourth-order valence-corrected chi connectivity index (χ4v) is 5.12. The quantitative estimate of drug-likeness (QED) is 0.536. The molecule has 32 heavy (non-hydrogen) atoms. The minimum absolute atomic E-state index is 0.0231. The van der Waals surface area contributed by atoms with Crippen LogP contribution in [0, 0.1) is 13.8 Å². The van der Waals surface area contributed by atoms with Crippen LogP contribution in [0.1, 0.15) is 30.9 Å². The summed E-state index contributed by atoms with van der Waals surface area (Å²) in [6.07, 6.45) is 0.946. The van der Waals surface area contributed by atoms with Gasteiger partial charge >= 0.3 is 0 Å². The molecule has 0 aromatic heterocycles. The maximum atomic E-state index is 12.9. The number of sulfonamides is 1. The van der Waals surface area contributed by atoms with E-state index in [0.29, 0.717) is 68.6 Å². The van der Waals surface area contributed by atoms with Crippen molar-refractivity contribution in [2.24, 2.45) is 0 Å². The third kappa shape index (κ3) is 5.81. The maximum absolute atomic E-state index is 12.9. The zero-order valence-corrected chi connectivity index (χ0v) is 19.9. The molecule has 2 aromatic carbocycles. The minimum atomic E-state index is -3.55. The van der Waals surface area contributed by atoms with E-state index in [0.717, 1.165) is 11.1 Å². The summed E-state index contributed by atoms with van der Waals surface area (Å²) in [7, 11) is -3.55. The third-order valence-corrected chi connectivity index (χ3v) is 7.54. The Labute approximate surface area is 191 Å². The van der Waals surface area contributed by atoms with Crippen molar-refractivity contribution in [3.63, 3.8) is 0 Å². The average Bonchev–Trinajstić information content (AvgIpc) is 2.79. The summed E-state index contributed by atoms with van der Waals surface area (Å²) in [4.78, 5) is 14.6. The largest absolute Gasteiger partial charge is 0.490 e. The Hall–Kier alpha value is -2.58. The molecule has 0 saturated carbocycles. The van der Waals surface area contributed by atoms with Gasteiger partial charge in [-0.05, 0) is 62.6 Å². The predicted octanol–water partition coefficient (Wildman–Crippen LogP) is 3.39. The Balaban J connectivity index is 1.46. The SMILES string of the molecule is CCOc1ccccc1OCCCC(=O)N1CCN(S(=O)(=O)c2ccc(C)c(C)c2)CC1. The van der Waals surface area contributed by atoms with Gasteiger partial charge in [0.2, 0.25) is 15.9 Å². The molecular weight excluding hydrogens is 428 g/mol. The maximum Gasteiger partial charge on any atom is 0.243 e. The average molecular weight is 461 g/mol. The highest BCUT2D eigenvalue weighted by Crippen LogP contribution is 2.26. The number of benzene rings is 2. The zero-order valence-electron chi connectivity index (χ0n) is 19.0. The summed E-state index contributed by atoms with van der Waals surface area (Å²) < 4.78 is 38.7. The molecule has 174 valence electrons. The second-order valence-corrected chi connectivity index (χ2v) is 9.80. The lowest BCUT2D eigenvalue weighted by atomic mass is 10.1. The van der Waals surface area contributed by atoms with Crippen molar-refractivity contribution >= 4 is 15.9 Å². The molecule has 1 aliphatic heterocycles. The highest BCUT2D eigenvalue weighted by atomic mass is 32.2. The molecule has 0 atom stereocenters. The van der Waals surface area contributed by atoms with E-state index in [4.69, 9.17) is 9.47 Å². The molecule has 0 unspecified atom stereocenters. The number of rotatable bonds is 9. The van der Waals surface area contributed by atoms with Crippen LogP contribution in [0.4, 0.5) is 0 Å². The van der Waals surface area contributed by atoms with Crippen molar-refractivity contribution in [1.82, 2.24) is 9.21 Å². The van der Waals surface area contributed by atoms with Crippen molar-refractivity contribution in [3.8, 4) is 11.5 Å². The molecular formula is C24H32N2O5S. The predicted molar refractivity (Wildman–Crippen MR) is 124 cm³/mol. The number of hydrogen-bond donors (Lipinski definition) is 0. The molecule has 8 heteroatoms. The number of amides is 1. The third-order valence-electron chi connectivity index (χ3n) is 5.65. The summed E-state index contributed by atoms with van der Waals surface area (Å²) >= 11 is 0. The molecule has 1 aliphatic rings. The number of para-hydroxylation sites is 2. The Morgan fingerprint density at radius 2 is 1.59 bits per heavy atom. The lowest BCUT2D eigenvalue weighted by molar-refractivity contribution is -0.132. The number of hydrogen-bond acceptors (Lipinski definition) is 5. The van der Waals surface area contributed by atoms with Crippen LogP contribution in [0.25, 0.3) is 0 Å². The molecule has 0 aliphatic carbocycles. The lowest BCUT2D eigenvalue weighted by Gasteiger charge is -2.34. The Kier molecular flexibility index (Phi) is 8.15. The van der Waals surface area contributed by atoms with E-state index in [1.807, 2.05) is 51.1 Å². The summed E-state index contributed by atoms with van der Waals surface area (Å²) in [6.45, 7) is 8.17. The Morgan fingerprint density at radius 1 is 0.938 bits per heavy atom. The Morgan fingerprint density at radius 3 is 2.22 bits per heavy atom. The van der Waals surface area contributed by atoms with Gasteiger partial charge in [0.1, 0.15) is 0 Å². The molecule has 3 rings (SSSR count). The molecule has 1 saturated heterocycles. The number of ether oxygens (including phenoxy) is 2. The summed E-state index contributed by atoms with van der Waals surface area (Å²) in [5, 5.41) is 0. The summed E-state index contributed by atoms with van der Waals surface area (Å²) in [5.74, 6) is 1.39. The molecule has 7 nitrogen and oxygen atoms in total. The van der Waals surface area contributed by atoms with Gasteiger partial charge in [0.15, 0.2) is 11.5 Å². The molecule has 0 N–H and O–H groups in total. The van der Waals surface area contributed by atoms with Crippen molar-refractivity contribution < 1.29 is 22.7 Å². The normalized spacial score (nSPS) is 14.9. The number of carbonyl (C=O) groups is 1. The first-order chi connectivity index (χ1) is 15.3. The molecule has 2 aromatic rings. The fourth-order valence-electron chi connectivity index (χ4n) is 3.61. The van der Waals surface area contributed by atoms with Gasteiger partial charge in [-0.3, -0.25) is 4.79 Å². The Bertz CT molecular complexity index is 1030. The van der Waals surface area contributed by atoms with Gasteiger partial charge in [0.25, 0.3) is 0 Å².